The van der Waals surface area contributed by atoms with Crippen molar-refractivity contribution in [3.8, 4) is 5.88 Å². The molecule has 2 aromatic rings. The quantitative estimate of drug-likeness (QED) is 0.905. The van der Waals surface area contributed by atoms with E-state index in [-0.39, 0.29) is 0 Å². The van der Waals surface area contributed by atoms with E-state index in [0.29, 0.717) is 24.8 Å². The molecule has 98 valence electrons. The van der Waals surface area contributed by atoms with Crippen molar-refractivity contribution in [3.05, 3.63) is 53.0 Å². The first-order chi connectivity index (χ1) is 9.29. The van der Waals surface area contributed by atoms with Gasteiger partial charge in [0.2, 0.25) is 5.88 Å². The first-order valence-electron chi connectivity index (χ1n) is 6.02. The van der Waals surface area contributed by atoms with Crippen molar-refractivity contribution >= 4 is 0 Å². The average Bonchev–Trinajstić information content (AvgIpc) is 2.93. The van der Waals surface area contributed by atoms with E-state index in [1.165, 1.54) is 25.1 Å². The number of aliphatic hydroxyl groups is 1. The molecular formula is C14H14N2O3. The summed E-state index contributed by atoms with van der Waals surface area (Å²) in [6.45, 7) is 1.23. The highest BCUT2D eigenvalue weighted by Crippen LogP contribution is 2.29. The van der Waals surface area contributed by atoms with Gasteiger partial charge in [0.05, 0.1) is 20.3 Å². The molecule has 19 heavy (non-hydrogen) atoms. The molecule has 1 aromatic heterocycles. The van der Waals surface area contributed by atoms with Gasteiger partial charge in [-0.1, -0.05) is 18.2 Å². The number of aromatic nitrogens is 2. The number of benzene rings is 1. The highest BCUT2D eigenvalue weighted by atomic mass is 16.5. The average molecular weight is 258 g/mol. The molecule has 0 aliphatic carbocycles. The van der Waals surface area contributed by atoms with Crippen LogP contribution >= 0.6 is 0 Å². The lowest BCUT2D eigenvalue weighted by atomic mass is 10.0. The first-order valence-corrected chi connectivity index (χ1v) is 6.02. The number of aliphatic hydroxyl groups excluding tert-OH is 1. The molecule has 1 atom stereocenters. The standard InChI is InChI=1S/C14H14N2O3/c1-18-14-12(15-4-5-16-14)13(17)9-2-3-10-7-19-8-11(10)6-9/h2-6,13,17H,7-8H2,1H3. The highest BCUT2D eigenvalue weighted by Gasteiger charge is 2.20. The minimum absolute atomic E-state index is 0.340. The maximum atomic E-state index is 10.4. The van der Waals surface area contributed by atoms with Crippen LogP contribution in [-0.4, -0.2) is 22.2 Å². The third-order valence-corrected chi connectivity index (χ3v) is 3.20. The van der Waals surface area contributed by atoms with Gasteiger partial charge in [0, 0.05) is 12.4 Å². The van der Waals surface area contributed by atoms with Crippen LogP contribution in [0.1, 0.15) is 28.5 Å². The summed E-state index contributed by atoms with van der Waals surface area (Å²) in [5.74, 6) is 0.340. The highest BCUT2D eigenvalue weighted by molar-refractivity contribution is 5.38. The number of fused-ring (bicyclic) bond motifs is 1. The van der Waals surface area contributed by atoms with Gasteiger partial charge in [-0.25, -0.2) is 4.98 Å². The normalized spacial score (nSPS) is 15.1. The van der Waals surface area contributed by atoms with Gasteiger partial charge in [0.15, 0.2) is 0 Å². The zero-order valence-corrected chi connectivity index (χ0v) is 10.5. The predicted octanol–water partition coefficient (Wildman–Crippen LogP) is 1.60. The second-order valence-electron chi connectivity index (χ2n) is 4.37. The number of hydrogen-bond donors (Lipinski definition) is 1. The molecule has 1 aliphatic heterocycles. The zero-order chi connectivity index (χ0) is 13.2. The Hall–Kier alpha value is -1.98. The summed E-state index contributed by atoms with van der Waals surface area (Å²) in [7, 11) is 1.51. The molecule has 0 bridgehead atoms. The van der Waals surface area contributed by atoms with Gasteiger partial charge in [-0.3, -0.25) is 4.98 Å². The van der Waals surface area contributed by atoms with Crippen molar-refractivity contribution in [2.45, 2.75) is 19.3 Å². The Morgan fingerprint density at radius 3 is 2.84 bits per heavy atom. The lowest BCUT2D eigenvalue weighted by Crippen LogP contribution is -2.06. The van der Waals surface area contributed by atoms with Crippen LogP contribution in [-0.2, 0) is 18.0 Å². The Balaban J connectivity index is 1.97. The van der Waals surface area contributed by atoms with Crippen molar-refractivity contribution in [1.82, 2.24) is 9.97 Å². The molecule has 1 aliphatic rings. The number of rotatable bonds is 3. The van der Waals surface area contributed by atoms with Gasteiger partial charge in [0.25, 0.3) is 0 Å². The van der Waals surface area contributed by atoms with Crippen molar-refractivity contribution in [3.63, 3.8) is 0 Å². The fourth-order valence-corrected chi connectivity index (χ4v) is 2.20. The van der Waals surface area contributed by atoms with Crippen LogP contribution in [0.3, 0.4) is 0 Å². The Bertz CT molecular complexity index is 601. The molecule has 5 nitrogen and oxygen atoms in total. The summed E-state index contributed by atoms with van der Waals surface area (Å²) in [5.41, 5.74) is 3.47. The third-order valence-electron chi connectivity index (χ3n) is 3.20. The van der Waals surface area contributed by atoms with E-state index >= 15 is 0 Å². The third kappa shape index (κ3) is 2.18. The molecule has 5 heteroatoms. The fraction of sp³-hybridized carbons (Fsp3) is 0.286. The molecule has 0 fully saturated rings. The summed E-state index contributed by atoms with van der Waals surface area (Å²) in [4.78, 5) is 8.20. The van der Waals surface area contributed by atoms with E-state index in [1.807, 2.05) is 18.2 Å². The van der Waals surface area contributed by atoms with Crippen LogP contribution in [0.15, 0.2) is 30.6 Å². The summed E-state index contributed by atoms with van der Waals surface area (Å²) in [6.07, 6.45) is 2.22. The van der Waals surface area contributed by atoms with Crippen LogP contribution in [0.25, 0.3) is 0 Å². The molecule has 0 spiro atoms. The molecule has 0 saturated carbocycles. The molecule has 0 saturated heterocycles. The molecule has 2 heterocycles. The molecule has 0 radical (unpaired) electrons. The minimum Gasteiger partial charge on any atom is -0.480 e. The van der Waals surface area contributed by atoms with E-state index in [2.05, 4.69) is 9.97 Å². The van der Waals surface area contributed by atoms with E-state index in [4.69, 9.17) is 9.47 Å². The number of hydrogen-bond acceptors (Lipinski definition) is 5. The molecular weight excluding hydrogens is 244 g/mol. The van der Waals surface area contributed by atoms with Crippen LogP contribution < -0.4 is 4.74 Å². The minimum atomic E-state index is -0.852. The Labute approximate surface area is 110 Å². The molecule has 1 aromatic carbocycles. The Morgan fingerprint density at radius 1 is 1.21 bits per heavy atom. The Kier molecular flexibility index (Phi) is 3.15. The van der Waals surface area contributed by atoms with E-state index < -0.39 is 6.10 Å². The maximum absolute atomic E-state index is 10.4. The van der Waals surface area contributed by atoms with Crippen LogP contribution in [0, 0.1) is 0 Å². The van der Waals surface area contributed by atoms with Gasteiger partial charge < -0.3 is 14.6 Å². The van der Waals surface area contributed by atoms with Crippen LogP contribution in [0.4, 0.5) is 0 Å². The summed E-state index contributed by atoms with van der Waals surface area (Å²) in [5, 5.41) is 10.4. The van der Waals surface area contributed by atoms with E-state index in [1.54, 1.807) is 0 Å². The lowest BCUT2D eigenvalue weighted by Gasteiger charge is -2.13. The molecule has 0 amide bonds. The maximum Gasteiger partial charge on any atom is 0.238 e. The number of nitrogens with zero attached hydrogens (tertiary/aromatic N) is 2. The number of methoxy groups -OCH3 is 1. The first kappa shape index (κ1) is 12.1. The summed E-state index contributed by atoms with van der Waals surface area (Å²) >= 11 is 0. The van der Waals surface area contributed by atoms with E-state index in [9.17, 15) is 5.11 Å². The van der Waals surface area contributed by atoms with Crippen molar-refractivity contribution < 1.29 is 14.6 Å². The summed E-state index contributed by atoms with van der Waals surface area (Å²) in [6, 6.07) is 5.80. The smallest absolute Gasteiger partial charge is 0.238 e. The zero-order valence-electron chi connectivity index (χ0n) is 10.5. The molecule has 1 N–H and O–H groups in total. The predicted molar refractivity (Wildman–Crippen MR) is 67.6 cm³/mol. The second-order valence-corrected chi connectivity index (χ2v) is 4.37. The topological polar surface area (TPSA) is 64.5 Å². The van der Waals surface area contributed by atoms with E-state index in [0.717, 1.165) is 11.1 Å². The Morgan fingerprint density at radius 2 is 2.00 bits per heavy atom. The monoisotopic (exact) mass is 258 g/mol. The second kappa shape index (κ2) is 4.95. The van der Waals surface area contributed by atoms with Crippen molar-refractivity contribution in [1.29, 1.82) is 0 Å². The summed E-state index contributed by atoms with van der Waals surface area (Å²) < 4.78 is 10.5. The largest absolute Gasteiger partial charge is 0.480 e. The van der Waals surface area contributed by atoms with Crippen LogP contribution in [0.5, 0.6) is 5.88 Å². The van der Waals surface area contributed by atoms with Crippen LogP contribution in [0.2, 0.25) is 0 Å². The van der Waals surface area contributed by atoms with Crippen molar-refractivity contribution in [2.75, 3.05) is 7.11 Å². The van der Waals surface area contributed by atoms with Gasteiger partial charge in [-0.2, -0.15) is 0 Å². The van der Waals surface area contributed by atoms with Crippen molar-refractivity contribution in [2.24, 2.45) is 0 Å². The van der Waals surface area contributed by atoms with Gasteiger partial charge in [-0.05, 0) is 16.7 Å². The fourth-order valence-electron chi connectivity index (χ4n) is 2.20. The molecule has 1 unspecified atom stereocenters. The lowest BCUT2D eigenvalue weighted by molar-refractivity contribution is 0.134. The molecule has 3 rings (SSSR count). The number of ether oxygens (including phenoxy) is 2. The van der Waals surface area contributed by atoms with Gasteiger partial charge >= 0.3 is 0 Å². The van der Waals surface area contributed by atoms with Gasteiger partial charge in [0.1, 0.15) is 11.8 Å². The SMILES string of the molecule is COc1nccnc1C(O)c1ccc2c(c1)COC2. The van der Waals surface area contributed by atoms with Gasteiger partial charge in [-0.15, -0.1) is 0 Å².